The number of pyridine rings is 1. The summed E-state index contributed by atoms with van der Waals surface area (Å²) in [5.74, 6) is 0. The van der Waals surface area contributed by atoms with E-state index in [1.807, 2.05) is 24.5 Å². The van der Waals surface area contributed by atoms with Crippen LogP contribution in [0.2, 0.25) is 0 Å². The molecule has 19 heavy (non-hydrogen) atoms. The van der Waals surface area contributed by atoms with Gasteiger partial charge in [-0.15, -0.1) is 11.3 Å². The first-order valence-electron chi connectivity index (χ1n) is 6.63. The fourth-order valence-electron chi connectivity index (χ4n) is 2.61. The van der Waals surface area contributed by atoms with Gasteiger partial charge in [-0.05, 0) is 48.4 Å². The van der Waals surface area contributed by atoms with Crippen molar-refractivity contribution in [1.29, 1.82) is 0 Å². The molecule has 0 radical (unpaired) electrons. The van der Waals surface area contributed by atoms with Crippen LogP contribution in [0.5, 0.6) is 0 Å². The predicted octanol–water partition coefficient (Wildman–Crippen LogP) is 2.90. The molecule has 0 atom stereocenters. The number of fused-ring (bicyclic) bond motifs is 1. The van der Waals surface area contributed by atoms with Crippen LogP contribution in [0, 0.1) is 13.8 Å². The third-order valence-electron chi connectivity index (χ3n) is 3.94. The Balaban J connectivity index is 1.78. The molecule has 2 N–H and O–H groups in total. The zero-order chi connectivity index (χ0) is 13.4. The van der Waals surface area contributed by atoms with E-state index in [0.717, 1.165) is 48.6 Å². The number of anilines is 1. The van der Waals surface area contributed by atoms with E-state index in [4.69, 9.17) is 5.73 Å². The molecular weight excluding hydrogens is 254 g/mol. The quantitative estimate of drug-likeness (QED) is 0.915. The maximum atomic E-state index is 6.09. The van der Waals surface area contributed by atoms with E-state index in [1.165, 1.54) is 5.56 Å². The molecule has 3 heterocycles. The minimum atomic E-state index is 0.887. The Morgan fingerprint density at radius 1 is 1.42 bits per heavy atom. The molecule has 3 nitrogen and oxygen atoms in total. The van der Waals surface area contributed by atoms with Crippen molar-refractivity contribution in [2.24, 2.45) is 0 Å². The summed E-state index contributed by atoms with van der Waals surface area (Å²) < 4.78 is 0. The van der Waals surface area contributed by atoms with Gasteiger partial charge in [-0.1, -0.05) is 0 Å². The molecule has 0 aliphatic carbocycles. The Hall–Kier alpha value is -1.39. The van der Waals surface area contributed by atoms with Gasteiger partial charge in [0, 0.05) is 36.4 Å². The number of nitrogen functional groups attached to an aromatic ring is 1. The molecule has 0 saturated heterocycles. The highest BCUT2D eigenvalue weighted by Gasteiger charge is 2.18. The third kappa shape index (κ3) is 2.38. The maximum Gasteiger partial charge on any atom is 0.0593 e. The zero-order valence-electron chi connectivity index (χ0n) is 11.4. The van der Waals surface area contributed by atoms with Crippen LogP contribution in [-0.2, 0) is 19.5 Å². The zero-order valence-corrected chi connectivity index (χ0v) is 12.3. The van der Waals surface area contributed by atoms with Crippen molar-refractivity contribution in [3.8, 4) is 0 Å². The first-order valence-corrected chi connectivity index (χ1v) is 7.51. The molecule has 4 heteroatoms. The van der Waals surface area contributed by atoms with Crippen molar-refractivity contribution in [2.45, 2.75) is 33.4 Å². The largest absolute Gasteiger partial charge is 0.398 e. The normalized spacial score (nSPS) is 15.5. The van der Waals surface area contributed by atoms with E-state index in [-0.39, 0.29) is 0 Å². The minimum Gasteiger partial charge on any atom is -0.398 e. The highest BCUT2D eigenvalue weighted by Crippen LogP contribution is 2.26. The van der Waals surface area contributed by atoms with Gasteiger partial charge in [0.1, 0.15) is 0 Å². The second kappa shape index (κ2) is 4.94. The number of aromatic nitrogens is 1. The van der Waals surface area contributed by atoms with Gasteiger partial charge in [-0.2, -0.15) is 0 Å². The van der Waals surface area contributed by atoms with Crippen LogP contribution in [-0.4, -0.2) is 16.4 Å². The number of nitrogens with zero attached hydrogens (tertiary/aromatic N) is 2. The summed E-state index contributed by atoms with van der Waals surface area (Å²) in [5, 5.41) is 2.20. The lowest BCUT2D eigenvalue weighted by atomic mass is 10.1. The number of hydrogen-bond donors (Lipinski definition) is 1. The number of nitrogens with two attached hydrogens (primary N) is 1. The minimum absolute atomic E-state index is 0.887. The van der Waals surface area contributed by atoms with Gasteiger partial charge in [0.2, 0.25) is 0 Å². The van der Waals surface area contributed by atoms with Crippen LogP contribution in [0.1, 0.15) is 27.3 Å². The van der Waals surface area contributed by atoms with E-state index >= 15 is 0 Å². The summed E-state index contributed by atoms with van der Waals surface area (Å²) in [6.45, 7) is 7.13. The molecule has 0 spiro atoms. The SMILES string of the molecule is Cc1cnc(CN2CCc3sccc3C2)c(C)c1N. The average Bonchev–Trinajstić information content (AvgIpc) is 2.87. The molecule has 0 saturated carbocycles. The second-order valence-corrected chi connectivity index (χ2v) is 6.26. The Kier molecular flexibility index (Phi) is 3.29. The Morgan fingerprint density at radius 3 is 3.11 bits per heavy atom. The smallest absolute Gasteiger partial charge is 0.0593 e. The number of rotatable bonds is 2. The first kappa shape index (κ1) is 12.6. The molecule has 2 aromatic rings. The summed E-state index contributed by atoms with van der Waals surface area (Å²) >= 11 is 1.88. The summed E-state index contributed by atoms with van der Waals surface area (Å²) in [5.41, 5.74) is 11.8. The molecular formula is C15H19N3S. The van der Waals surface area contributed by atoms with Gasteiger partial charge < -0.3 is 5.73 Å². The lowest BCUT2D eigenvalue weighted by Gasteiger charge is -2.27. The lowest BCUT2D eigenvalue weighted by molar-refractivity contribution is 0.244. The number of hydrogen-bond acceptors (Lipinski definition) is 4. The molecule has 0 aromatic carbocycles. The van der Waals surface area contributed by atoms with E-state index in [1.54, 1.807) is 4.88 Å². The maximum absolute atomic E-state index is 6.09. The molecule has 3 rings (SSSR count). The van der Waals surface area contributed by atoms with Crippen LogP contribution in [0.3, 0.4) is 0 Å². The molecule has 0 unspecified atom stereocenters. The van der Waals surface area contributed by atoms with Crippen LogP contribution in [0.15, 0.2) is 17.6 Å². The van der Waals surface area contributed by atoms with Crippen LogP contribution >= 0.6 is 11.3 Å². The summed E-state index contributed by atoms with van der Waals surface area (Å²) in [6, 6.07) is 2.25. The summed E-state index contributed by atoms with van der Waals surface area (Å²) in [6.07, 6.45) is 3.05. The van der Waals surface area contributed by atoms with Crippen molar-refractivity contribution in [1.82, 2.24) is 9.88 Å². The van der Waals surface area contributed by atoms with Gasteiger partial charge in [-0.25, -0.2) is 0 Å². The fraction of sp³-hybridized carbons (Fsp3) is 0.400. The standard InChI is InChI=1S/C15H19N3S/c1-10-7-17-13(11(2)15(10)16)9-18-5-3-14-12(8-18)4-6-19-14/h4,6-7H,3,5,8-9H2,1-2H3,(H2,16,17). The molecule has 0 bridgehead atoms. The Bertz CT molecular complexity index is 603. The highest BCUT2D eigenvalue weighted by atomic mass is 32.1. The van der Waals surface area contributed by atoms with Crippen molar-refractivity contribution in [2.75, 3.05) is 12.3 Å². The molecule has 0 fully saturated rings. The average molecular weight is 273 g/mol. The van der Waals surface area contributed by atoms with Gasteiger partial charge >= 0.3 is 0 Å². The molecule has 2 aromatic heterocycles. The van der Waals surface area contributed by atoms with Crippen molar-refractivity contribution in [3.05, 3.63) is 44.9 Å². The van der Waals surface area contributed by atoms with E-state index in [9.17, 15) is 0 Å². The summed E-state index contributed by atoms with van der Waals surface area (Å²) in [7, 11) is 0. The van der Waals surface area contributed by atoms with Crippen LogP contribution < -0.4 is 5.73 Å². The Morgan fingerprint density at radius 2 is 2.26 bits per heavy atom. The predicted molar refractivity (Wildman–Crippen MR) is 80.3 cm³/mol. The lowest BCUT2D eigenvalue weighted by Crippen LogP contribution is -2.29. The molecule has 1 aliphatic rings. The van der Waals surface area contributed by atoms with Gasteiger partial charge in [0.25, 0.3) is 0 Å². The van der Waals surface area contributed by atoms with Crippen molar-refractivity contribution in [3.63, 3.8) is 0 Å². The van der Waals surface area contributed by atoms with Gasteiger partial charge in [-0.3, -0.25) is 9.88 Å². The van der Waals surface area contributed by atoms with Crippen molar-refractivity contribution < 1.29 is 0 Å². The van der Waals surface area contributed by atoms with Crippen molar-refractivity contribution >= 4 is 17.0 Å². The van der Waals surface area contributed by atoms with Crippen LogP contribution in [0.4, 0.5) is 5.69 Å². The summed E-state index contributed by atoms with van der Waals surface area (Å²) in [4.78, 5) is 8.56. The fourth-order valence-corrected chi connectivity index (χ4v) is 3.50. The highest BCUT2D eigenvalue weighted by molar-refractivity contribution is 7.10. The third-order valence-corrected chi connectivity index (χ3v) is 4.96. The number of thiophene rings is 1. The Labute approximate surface area is 118 Å². The first-order chi connectivity index (χ1) is 9.15. The van der Waals surface area contributed by atoms with Crippen LogP contribution in [0.25, 0.3) is 0 Å². The van der Waals surface area contributed by atoms with E-state index in [2.05, 4.69) is 28.3 Å². The topological polar surface area (TPSA) is 42.2 Å². The van der Waals surface area contributed by atoms with Gasteiger partial charge in [0.05, 0.1) is 5.69 Å². The second-order valence-electron chi connectivity index (χ2n) is 5.26. The van der Waals surface area contributed by atoms with E-state index in [0.29, 0.717) is 0 Å². The molecule has 100 valence electrons. The molecule has 0 amide bonds. The van der Waals surface area contributed by atoms with Gasteiger partial charge in [0.15, 0.2) is 0 Å². The van der Waals surface area contributed by atoms with E-state index < -0.39 is 0 Å². The monoisotopic (exact) mass is 273 g/mol. The number of aryl methyl sites for hydroxylation is 1. The molecule has 1 aliphatic heterocycles.